The number of hydrogen-bond donors (Lipinski definition) is 1. The van der Waals surface area contributed by atoms with Crippen molar-refractivity contribution in [2.45, 2.75) is 39.3 Å². The van der Waals surface area contributed by atoms with Crippen LogP contribution in [0.1, 0.15) is 26.3 Å². The molecule has 1 aromatic rings. The molecule has 0 fully saturated rings. The number of halogens is 1. The van der Waals surface area contributed by atoms with E-state index in [1.165, 1.54) is 4.90 Å². The van der Waals surface area contributed by atoms with E-state index in [1.54, 1.807) is 46.0 Å². The summed E-state index contributed by atoms with van der Waals surface area (Å²) in [7, 11) is 1.66. The average Bonchev–Trinajstić information content (AvgIpc) is 2.40. The van der Waals surface area contributed by atoms with Gasteiger partial charge in [0.25, 0.3) is 5.91 Å². The molecule has 0 bridgehead atoms. The molecule has 1 rings (SSSR count). The number of likely N-dealkylation sites (N-methyl/N-ethyl adjacent to an activating group) is 1. The summed E-state index contributed by atoms with van der Waals surface area (Å²) in [4.78, 5) is 13.8. The highest BCUT2D eigenvalue weighted by Gasteiger charge is 2.30. The van der Waals surface area contributed by atoms with Gasteiger partial charge in [-0.25, -0.2) is 0 Å². The molecule has 0 radical (unpaired) electrons. The zero-order valence-corrected chi connectivity index (χ0v) is 13.4. The molecule has 1 unspecified atom stereocenters. The number of rotatable bonds is 5. The van der Waals surface area contributed by atoms with Gasteiger partial charge in [0.05, 0.1) is 12.1 Å². The van der Waals surface area contributed by atoms with Gasteiger partial charge in [0.1, 0.15) is 5.75 Å². The molecular weight excluding hydrogens is 278 g/mol. The van der Waals surface area contributed by atoms with Crippen LogP contribution >= 0.6 is 11.6 Å². The van der Waals surface area contributed by atoms with E-state index in [0.717, 1.165) is 5.56 Å². The summed E-state index contributed by atoms with van der Waals surface area (Å²) in [6, 6.07) is 5.26. The van der Waals surface area contributed by atoms with Crippen LogP contribution in [0.15, 0.2) is 18.2 Å². The van der Waals surface area contributed by atoms with E-state index in [2.05, 4.69) is 0 Å². The molecule has 0 saturated heterocycles. The molecule has 20 heavy (non-hydrogen) atoms. The first-order chi connectivity index (χ1) is 9.19. The quantitative estimate of drug-likeness (QED) is 0.909. The van der Waals surface area contributed by atoms with Crippen LogP contribution in [-0.4, -0.2) is 41.2 Å². The highest BCUT2D eigenvalue weighted by molar-refractivity contribution is 6.30. The van der Waals surface area contributed by atoms with Gasteiger partial charge in [0.15, 0.2) is 6.10 Å². The maximum atomic E-state index is 12.3. The van der Waals surface area contributed by atoms with E-state index in [4.69, 9.17) is 16.3 Å². The molecule has 0 aromatic heterocycles. The molecule has 0 saturated carbocycles. The van der Waals surface area contributed by atoms with Crippen LogP contribution < -0.4 is 4.74 Å². The van der Waals surface area contributed by atoms with Crippen molar-refractivity contribution in [2.24, 2.45) is 0 Å². The van der Waals surface area contributed by atoms with Crippen molar-refractivity contribution >= 4 is 17.5 Å². The maximum absolute atomic E-state index is 12.3. The Kier molecular flexibility index (Phi) is 5.42. The zero-order valence-electron chi connectivity index (χ0n) is 12.6. The van der Waals surface area contributed by atoms with Gasteiger partial charge in [-0.2, -0.15) is 0 Å². The number of hydrogen-bond acceptors (Lipinski definition) is 3. The van der Waals surface area contributed by atoms with Gasteiger partial charge >= 0.3 is 0 Å². The summed E-state index contributed by atoms with van der Waals surface area (Å²) in [5, 5.41) is 9.94. The third kappa shape index (κ3) is 3.87. The predicted octanol–water partition coefficient (Wildman–Crippen LogP) is 2.65. The normalized spacial score (nSPS) is 12.9. The number of benzene rings is 1. The third-order valence-corrected chi connectivity index (χ3v) is 3.65. The first-order valence-corrected chi connectivity index (χ1v) is 6.88. The molecule has 112 valence electrons. The summed E-state index contributed by atoms with van der Waals surface area (Å²) < 4.78 is 5.69. The Morgan fingerprint density at radius 2 is 2.10 bits per heavy atom. The Bertz CT molecular complexity index is 488. The van der Waals surface area contributed by atoms with Crippen molar-refractivity contribution in [2.75, 3.05) is 13.7 Å². The van der Waals surface area contributed by atoms with Crippen LogP contribution in [0.5, 0.6) is 5.75 Å². The van der Waals surface area contributed by atoms with Gasteiger partial charge in [0.2, 0.25) is 0 Å². The number of aliphatic hydroxyl groups excluding tert-OH is 1. The van der Waals surface area contributed by atoms with Gasteiger partial charge in [-0.15, -0.1) is 0 Å². The summed E-state index contributed by atoms with van der Waals surface area (Å²) >= 11 is 5.89. The fourth-order valence-electron chi connectivity index (χ4n) is 1.66. The number of aliphatic hydroxyl groups is 1. The minimum atomic E-state index is -0.634. The number of aryl methyl sites for hydroxylation is 1. The maximum Gasteiger partial charge on any atom is 0.263 e. The molecule has 1 aromatic carbocycles. The lowest BCUT2D eigenvalue weighted by atomic mass is 10.0. The van der Waals surface area contributed by atoms with E-state index in [1.807, 2.05) is 6.92 Å². The first-order valence-electron chi connectivity index (χ1n) is 6.50. The third-order valence-electron chi connectivity index (χ3n) is 3.41. The van der Waals surface area contributed by atoms with Gasteiger partial charge in [-0.1, -0.05) is 11.6 Å². The Labute approximate surface area is 125 Å². The van der Waals surface area contributed by atoms with Crippen molar-refractivity contribution in [3.8, 4) is 5.75 Å². The van der Waals surface area contributed by atoms with Crippen molar-refractivity contribution in [3.05, 3.63) is 28.8 Å². The summed E-state index contributed by atoms with van der Waals surface area (Å²) in [6.07, 6.45) is -0.634. The minimum Gasteiger partial charge on any atom is -0.481 e. The number of amides is 1. The fourth-order valence-corrected chi connectivity index (χ4v) is 1.89. The Morgan fingerprint density at radius 1 is 1.50 bits per heavy atom. The summed E-state index contributed by atoms with van der Waals surface area (Å²) in [5.74, 6) is 0.448. The number of carbonyl (C=O) groups excluding carboxylic acids is 1. The second kappa shape index (κ2) is 6.46. The molecule has 1 amide bonds. The molecule has 0 heterocycles. The standard InChI is InChI=1S/C15H22ClNO3/c1-10-8-12(16)6-7-13(10)20-11(2)14(19)17(5)15(3,4)9-18/h6-8,11,18H,9H2,1-5H3. The molecular formula is C15H22ClNO3. The topological polar surface area (TPSA) is 49.8 Å². The monoisotopic (exact) mass is 299 g/mol. The predicted molar refractivity (Wildman–Crippen MR) is 80.2 cm³/mol. The van der Waals surface area contributed by atoms with Crippen LogP contribution in [0.4, 0.5) is 0 Å². The highest BCUT2D eigenvalue weighted by Crippen LogP contribution is 2.23. The molecule has 0 spiro atoms. The largest absolute Gasteiger partial charge is 0.481 e. The molecule has 5 heteroatoms. The van der Waals surface area contributed by atoms with E-state index in [-0.39, 0.29) is 12.5 Å². The summed E-state index contributed by atoms with van der Waals surface area (Å²) in [5.41, 5.74) is 0.255. The second-order valence-corrected chi connectivity index (χ2v) is 5.97. The zero-order chi connectivity index (χ0) is 15.5. The Hall–Kier alpha value is -1.26. The number of carbonyl (C=O) groups is 1. The number of ether oxygens (including phenoxy) is 1. The van der Waals surface area contributed by atoms with E-state index in [9.17, 15) is 9.90 Å². The van der Waals surface area contributed by atoms with Crippen molar-refractivity contribution < 1.29 is 14.6 Å². The van der Waals surface area contributed by atoms with Crippen molar-refractivity contribution in [1.29, 1.82) is 0 Å². The molecule has 0 aliphatic carbocycles. The first kappa shape index (κ1) is 16.8. The van der Waals surface area contributed by atoms with Gasteiger partial charge in [-0.3, -0.25) is 4.79 Å². The van der Waals surface area contributed by atoms with Crippen molar-refractivity contribution in [3.63, 3.8) is 0 Å². The summed E-state index contributed by atoms with van der Waals surface area (Å²) in [6.45, 7) is 7.05. The van der Waals surface area contributed by atoms with Crippen LogP contribution in [0.3, 0.4) is 0 Å². The van der Waals surface area contributed by atoms with Crippen LogP contribution in [0.2, 0.25) is 5.02 Å². The van der Waals surface area contributed by atoms with Crippen LogP contribution in [0, 0.1) is 6.92 Å². The van der Waals surface area contributed by atoms with Gasteiger partial charge < -0.3 is 14.7 Å². The molecule has 0 aliphatic rings. The molecule has 1 N–H and O–H groups in total. The number of nitrogens with zero attached hydrogens (tertiary/aromatic N) is 1. The second-order valence-electron chi connectivity index (χ2n) is 5.54. The Balaban J connectivity index is 2.80. The van der Waals surface area contributed by atoms with Crippen LogP contribution in [0.25, 0.3) is 0 Å². The highest BCUT2D eigenvalue weighted by atomic mass is 35.5. The minimum absolute atomic E-state index is 0.109. The molecule has 4 nitrogen and oxygen atoms in total. The molecule has 0 aliphatic heterocycles. The van der Waals surface area contributed by atoms with E-state index in [0.29, 0.717) is 10.8 Å². The SMILES string of the molecule is Cc1cc(Cl)ccc1OC(C)C(=O)N(C)C(C)(C)CO. The lowest BCUT2D eigenvalue weighted by molar-refractivity contribution is -0.142. The fraction of sp³-hybridized carbons (Fsp3) is 0.533. The van der Waals surface area contributed by atoms with E-state index < -0.39 is 11.6 Å². The average molecular weight is 300 g/mol. The lowest BCUT2D eigenvalue weighted by Crippen LogP contribution is -2.51. The van der Waals surface area contributed by atoms with Crippen molar-refractivity contribution in [1.82, 2.24) is 4.90 Å². The van der Waals surface area contributed by atoms with Crippen LogP contribution in [-0.2, 0) is 4.79 Å². The van der Waals surface area contributed by atoms with Gasteiger partial charge in [-0.05, 0) is 51.5 Å². The Morgan fingerprint density at radius 3 is 2.60 bits per heavy atom. The van der Waals surface area contributed by atoms with Gasteiger partial charge in [0, 0.05) is 12.1 Å². The molecule has 1 atom stereocenters. The lowest BCUT2D eigenvalue weighted by Gasteiger charge is -2.35. The smallest absolute Gasteiger partial charge is 0.263 e. The van der Waals surface area contributed by atoms with E-state index >= 15 is 0 Å².